The minimum Gasteiger partial charge on any atom is -0.396 e. The van der Waals surface area contributed by atoms with Crippen molar-refractivity contribution in [1.29, 1.82) is 0 Å². The molecular weight excluding hydrogens is 431 g/mol. The van der Waals surface area contributed by atoms with Crippen LogP contribution in [0.25, 0.3) is 27.7 Å². The van der Waals surface area contributed by atoms with Crippen molar-refractivity contribution in [3.05, 3.63) is 98.3 Å². The Bertz CT molecular complexity index is 1310. The molecule has 1 aromatic heterocycles. The first-order valence-corrected chi connectivity index (χ1v) is 9.87. The lowest BCUT2D eigenvalue weighted by Crippen LogP contribution is -2.26. The second-order valence-corrected chi connectivity index (χ2v) is 7.52. The average molecular weight is 446 g/mol. The zero-order valence-electron chi connectivity index (χ0n) is 15.5. The van der Waals surface area contributed by atoms with E-state index in [0.29, 0.717) is 26.6 Å². The van der Waals surface area contributed by atoms with E-state index in [1.165, 1.54) is 12.1 Å². The van der Waals surface area contributed by atoms with Crippen LogP contribution in [0.15, 0.2) is 65.5 Å². The fourth-order valence-electron chi connectivity index (χ4n) is 3.66. The van der Waals surface area contributed by atoms with E-state index in [1.54, 1.807) is 36.4 Å². The van der Waals surface area contributed by atoms with Crippen molar-refractivity contribution >= 4 is 34.1 Å². The minimum absolute atomic E-state index is 0.0298. The minimum atomic E-state index is -0.881. The van der Waals surface area contributed by atoms with Crippen molar-refractivity contribution in [3.8, 4) is 16.8 Å². The van der Waals surface area contributed by atoms with Crippen LogP contribution in [0, 0.1) is 11.6 Å². The Morgan fingerprint density at radius 2 is 1.63 bits per heavy atom. The van der Waals surface area contributed by atoms with Crippen LogP contribution in [-0.2, 0) is 6.42 Å². The van der Waals surface area contributed by atoms with Crippen LogP contribution in [0.4, 0.5) is 8.78 Å². The topological polar surface area (TPSA) is 42.2 Å². The second-order valence-electron chi connectivity index (χ2n) is 6.68. The summed E-state index contributed by atoms with van der Waals surface area (Å²) in [6, 6.07) is 15.0. The van der Waals surface area contributed by atoms with Gasteiger partial charge < -0.3 is 5.11 Å². The number of halogens is 4. The highest BCUT2D eigenvalue weighted by Gasteiger charge is 2.23. The van der Waals surface area contributed by atoms with E-state index in [4.69, 9.17) is 23.2 Å². The van der Waals surface area contributed by atoms with E-state index in [2.05, 4.69) is 0 Å². The average Bonchev–Trinajstić information content (AvgIpc) is 2.71. The summed E-state index contributed by atoms with van der Waals surface area (Å²) in [7, 11) is 0. The SMILES string of the molecule is O=c1c(CCO)c(-c2ccccc2Cl)c2cc(Cl)ccc2n1-c1c(F)cccc1F. The van der Waals surface area contributed by atoms with Crippen molar-refractivity contribution < 1.29 is 13.9 Å². The highest BCUT2D eigenvalue weighted by atomic mass is 35.5. The van der Waals surface area contributed by atoms with Gasteiger partial charge in [0, 0.05) is 45.1 Å². The Morgan fingerprint density at radius 1 is 0.933 bits per heavy atom. The highest BCUT2D eigenvalue weighted by molar-refractivity contribution is 6.34. The van der Waals surface area contributed by atoms with Gasteiger partial charge >= 0.3 is 0 Å². The Morgan fingerprint density at radius 3 is 2.30 bits per heavy atom. The monoisotopic (exact) mass is 445 g/mol. The van der Waals surface area contributed by atoms with Gasteiger partial charge in [-0.3, -0.25) is 9.36 Å². The Labute approximate surface area is 180 Å². The number of para-hydroxylation sites is 1. The number of fused-ring (bicyclic) bond motifs is 1. The highest BCUT2D eigenvalue weighted by Crippen LogP contribution is 2.37. The molecular formula is C23H15Cl2F2NO2. The van der Waals surface area contributed by atoms with Crippen molar-refractivity contribution in [1.82, 2.24) is 4.57 Å². The molecule has 4 aromatic rings. The molecule has 0 unspecified atom stereocenters. The second kappa shape index (κ2) is 8.19. The summed E-state index contributed by atoms with van der Waals surface area (Å²) in [6.07, 6.45) is -0.0298. The third-order valence-electron chi connectivity index (χ3n) is 4.90. The molecule has 1 N–H and O–H groups in total. The Balaban J connectivity index is 2.26. The predicted molar refractivity (Wildman–Crippen MR) is 116 cm³/mol. The molecule has 0 saturated carbocycles. The van der Waals surface area contributed by atoms with E-state index in [9.17, 15) is 18.7 Å². The fraction of sp³-hybridized carbons (Fsp3) is 0.0870. The molecule has 0 amide bonds. The molecule has 0 aliphatic rings. The van der Waals surface area contributed by atoms with Gasteiger partial charge in [-0.1, -0.05) is 47.5 Å². The molecule has 152 valence electrons. The lowest BCUT2D eigenvalue weighted by Gasteiger charge is -2.19. The predicted octanol–water partition coefficient (Wildman–Crippen LogP) is 5.78. The van der Waals surface area contributed by atoms with Crippen LogP contribution in [0.3, 0.4) is 0 Å². The summed E-state index contributed by atoms with van der Waals surface area (Å²) in [4.78, 5) is 13.5. The molecule has 3 aromatic carbocycles. The summed E-state index contributed by atoms with van der Waals surface area (Å²) in [5, 5.41) is 10.9. The first kappa shape index (κ1) is 20.5. The summed E-state index contributed by atoms with van der Waals surface area (Å²) >= 11 is 12.6. The number of hydrogen-bond acceptors (Lipinski definition) is 2. The smallest absolute Gasteiger partial charge is 0.259 e. The van der Waals surface area contributed by atoms with Crippen molar-refractivity contribution in [2.24, 2.45) is 0 Å². The summed E-state index contributed by atoms with van der Waals surface area (Å²) in [6.45, 7) is -0.335. The van der Waals surface area contributed by atoms with Gasteiger partial charge in [0.15, 0.2) is 0 Å². The van der Waals surface area contributed by atoms with Gasteiger partial charge in [-0.2, -0.15) is 0 Å². The van der Waals surface area contributed by atoms with Gasteiger partial charge in [0.05, 0.1) is 5.52 Å². The molecule has 0 aliphatic carbocycles. The van der Waals surface area contributed by atoms with E-state index in [-0.39, 0.29) is 24.1 Å². The Kier molecular flexibility index (Phi) is 5.60. The molecule has 0 radical (unpaired) electrons. The van der Waals surface area contributed by atoms with Crippen LogP contribution in [-0.4, -0.2) is 16.3 Å². The number of aliphatic hydroxyl groups is 1. The number of rotatable bonds is 4. The van der Waals surface area contributed by atoms with Crippen molar-refractivity contribution in [2.45, 2.75) is 6.42 Å². The summed E-state index contributed by atoms with van der Waals surface area (Å²) in [5.74, 6) is -1.76. The molecule has 1 heterocycles. The first-order valence-electron chi connectivity index (χ1n) is 9.11. The fourth-order valence-corrected chi connectivity index (χ4v) is 4.06. The zero-order chi connectivity index (χ0) is 21.4. The third kappa shape index (κ3) is 3.39. The maximum absolute atomic E-state index is 14.6. The van der Waals surface area contributed by atoms with Crippen LogP contribution in [0.1, 0.15) is 5.56 Å². The lowest BCUT2D eigenvalue weighted by atomic mass is 9.94. The van der Waals surface area contributed by atoms with Crippen LogP contribution in [0.5, 0.6) is 0 Å². The zero-order valence-corrected chi connectivity index (χ0v) is 17.0. The normalized spacial score (nSPS) is 11.2. The quantitative estimate of drug-likeness (QED) is 0.432. The van der Waals surface area contributed by atoms with Gasteiger partial charge in [0.1, 0.15) is 17.3 Å². The molecule has 0 atom stereocenters. The molecule has 0 bridgehead atoms. The largest absolute Gasteiger partial charge is 0.396 e. The van der Waals surface area contributed by atoms with E-state index < -0.39 is 22.9 Å². The number of benzene rings is 3. The maximum atomic E-state index is 14.6. The molecule has 4 rings (SSSR count). The van der Waals surface area contributed by atoms with Crippen LogP contribution < -0.4 is 5.56 Å². The van der Waals surface area contributed by atoms with Crippen LogP contribution >= 0.6 is 23.2 Å². The number of pyridine rings is 1. The molecule has 0 aliphatic heterocycles. The maximum Gasteiger partial charge on any atom is 0.259 e. The third-order valence-corrected chi connectivity index (χ3v) is 5.46. The van der Waals surface area contributed by atoms with Gasteiger partial charge in [-0.15, -0.1) is 0 Å². The van der Waals surface area contributed by atoms with Crippen molar-refractivity contribution in [2.75, 3.05) is 6.61 Å². The molecule has 0 saturated heterocycles. The summed E-state index contributed by atoms with van der Waals surface area (Å²) in [5.41, 5.74) is 0.365. The molecule has 30 heavy (non-hydrogen) atoms. The van der Waals surface area contributed by atoms with Crippen molar-refractivity contribution in [3.63, 3.8) is 0 Å². The number of aliphatic hydroxyl groups excluding tert-OH is 1. The molecule has 0 spiro atoms. The van der Waals surface area contributed by atoms with Gasteiger partial charge in [-0.05, 0) is 36.4 Å². The molecule has 3 nitrogen and oxygen atoms in total. The Hall–Kier alpha value is -2.73. The van der Waals surface area contributed by atoms with E-state index in [1.807, 2.05) is 0 Å². The van der Waals surface area contributed by atoms with E-state index in [0.717, 1.165) is 16.7 Å². The number of hydrogen-bond donors (Lipinski definition) is 1. The number of aromatic nitrogens is 1. The van der Waals surface area contributed by atoms with Crippen LogP contribution in [0.2, 0.25) is 10.0 Å². The molecule has 7 heteroatoms. The lowest BCUT2D eigenvalue weighted by molar-refractivity contribution is 0.299. The van der Waals surface area contributed by atoms with Gasteiger partial charge in [0.2, 0.25) is 0 Å². The molecule has 0 fully saturated rings. The first-order chi connectivity index (χ1) is 14.4. The standard InChI is InChI=1S/C23H15Cl2F2NO2/c24-13-8-9-20-16(12-13)21(14-4-1-2-5-17(14)25)15(10-11-29)23(30)28(20)22-18(26)6-3-7-19(22)27/h1-9,12,29H,10-11H2. The van der Waals surface area contributed by atoms with Gasteiger partial charge in [0.25, 0.3) is 5.56 Å². The van der Waals surface area contributed by atoms with Gasteiger partial charge in [-0.25, -0.2) is 8.78 Å². The summed E-state index contributed by atoms with van der Waals surface area (Å²) < 4.78 is 30.3. The van der Waals surface area contributed by atoms with E-state index >= 15 is 0 Å². The number of nitrogens with zero attached hydrogens (tertiary/aromatic N) is 1.